The number of methoxy groups -OCH3 is 2. The first-order valence-electron chi connectivity index (χ1n) is 9.48. The van der Waals surface area contributed by atoms with Gasteiger partial charge in [-0.15, -0.1) is 11.8 Å². The van der Waals surface area contributed by atoms with Gasteiger partial charge in [-0.2, -0.15) is 4.99 Å². The van der Waals surface area contributed by atoms with E-state index >= 15 is 0 Å². The van der Waals surface area contributed by atoms with E-state index in [1.54, 1.807) is 31.0 Å². The van der Waals surface area contributed by atoms with E-state index in [2.05, 4.69) is 11.1 Å². The Labute approximate surface area is 189 Å². The standard InChI is InChI=1S/C21H24N2O5S3/c1-27-12-11-23-18-9-6-16(29-3)14-19(18)30-21(23)22-20(24)10-13-31(25,26)17-7-4-15(28-2)5-8-17/h4-9,14H,10-13H2,1-3H3. The highest BCUT2D eigenvalue weighted by Crippen LogP contribution is 2.24. The number of benzene rings is 2. The molecule has 0 atom stereocenters. The van der Waals surface area contributed by atoms with Crippen LogP contribution in [0, 0.1) is 0 Å². The summed E-state index contributed by atoms with van der Waals surface area (Å²) in [6, 6.07) is 12.2. The van der Waals surface area contributed by atoms with Crippen molar-refractivity contribution in [2.75, 3.05) is 32.8 Å². The van der Waals surface area contributed by atoms with Crippen LogP contribution in [0.25, 0.3) is 10.2 Å². The molecule has 0 spiro atoms. The normalized spacial score (nSPS) is 12.4. The number of thioether (sulfide) groups is 1. The molecule has 0 aliphatic carbocycles. The van der Waals surface area contributed by atoms with Gasteiger partial charge >= 0.3 is 0 Å². The molecule has 7 nitrogen and oxygen atoms in total. The zero-order chi connectivity index (χ0) is 22.4. The van der Waals surface area contributed by atoms with E-state index in [4.69, 9.17) is 9.47 Å². The highest BCUT2D eigenvalue weighted by atomic mass is 32.2. The van der Waals surface area contributed by atoms with E-state index in [1.165, 1.54) is 30.6 Å². The number of fused-ring (bicyclic) bond motifs is 1. The van der Waals surface area contributed by atoms with Gasteiger partial charge in [-0.3, -0.25) is 4.79 Å². The fourth-order valence-corrected chi connectivity index (χ4v) is 5.81. The number of amides is 1. The molecule has 0 aliphatic heterocycles. The highest BCUT2D eigenvalue weighted by Gasteiger charge is 2.17. The average molecular weight is 481 g/mol. The molecular weight excluding hydrogens is 456 g/mol. The predicted octanol–water partition coefficient (Wildman–Crippen LogP) is 3.37. The molecule has 3 rings (SSSR count). The van der Waals surface area contributed by atoms with Crippen LogP contribution in [0.1, 0.15) is 6.42 Å². The van der Waals surface area contributed by atoms with Crippen molar-refractivity contribution < 1.29 is 22.7 Å². The fraction of sp³-hybridized carbons (Fsp3) is 0.333. The molecule has 0 unspecified atom stereocenters. The third kappa shape index (κ3) is 5.76. The second-order valence-electron chi connectivity index (χ2n) is 6.61. The quantitative estimate of drug-likeness (QED) is 0.437. The summed E-state index contributed by atoms with van der Waals surface area (Å²) in [4.78, 5) is 18.6. The summed E-state index contributed by atoms with van der Waals surface area (Å²) in [5.41, 5.74) is 0.970. The van der Waals surface area contributed by atoms with Gasteiger partial charge in [0, 0.05) is 25.0 Å². The summed E-state index contributed by atoms with van der Waals surface area (Å²) in [6.45, 7) is 1.02. The number of rotatable bonds is 9. The second-order valence-corrected chi connectivity index (χ2v) is 10.6. The van der Waals surface area contributed by atoms with Gasteiger partial charge < -0.3 is 14.0 Å². The van der Waals surface area contributed by atoms with Gasteiger partial charge in [0.2, 0.25) is 5.91 Å². The zero-order valence-electron chi connectivity index (χ0n) is 17.5. The summed E-state index contributed by atoms with van der Waals surface area (Å²) in [5, 5.41) is 0. The van der Waals surface area contributed by atoms with Gasteiger partial charge in [0.05, 0.1) is 34.6 Å². The van der Waals surface area contributed by atoms with Crippen LogP contribution in [-0.4, -0.2) is 51.7 Å². The van der Waals surface area contributed by atoms with E-state index < -0.39 is 15.7 Å². The van der Waals surface area contributed by atoms with Crippen molar-refractivity contribution >= 4 is 49.1 Å². The first kappa shape index (κ1) is 23.5. The first-order chi connectivity index (χ1) is 14.9. The Kier molecular flexibility index (Phi) is 7.93. The lowest BCUT2D eigenvalue weighted by atomic mass is 10.3. The van der Waals surface area contributed by atoms with Crippen LogP contribution in [0.4, 0.5) is 0 Å². The number of hydrogen-bond acceptors (Lipinski definition) is 7. The Bertz CT molecular complexity index is 1230. The number of aromatic nitrogens is 1. The maximum atomic E-state index is 12.6. The van der Waals surface area contributed by atoms with Crippen molar-refractivity contribution in [3.63, 3.8) is 0 Å². The molecule has 0 N–H and O–H groups in total. The van der Waals surface area contributed by atoms with Gasteiger partial charge in [0.15, 0.2) is 14.6 Å². The van der Waals surface area contributed by atoms with Gasteiger partial charge in [-0.05, 0) is 48.7 Å². The van der Waals surface area contributed by atoms with Crippen molar-refractivity contribution in [2.24, 2.45) is 4.99 Å². The van der Waals surface area contributed by atoms with Crippen LogP contribution < -0.4 is 9.54 Å². The van der Waals surface area contributed by atoms with E-state index in [-0.39, 0.29) is 17.1 Å². The second kappa shape index (κ2) is 10.4. The van der Waals surface area contributed by atoms with Crippen LogP contribution in [0.3, 0.4) is 0 Å². The number of thiazole rings is 1. The minimum absolute atomic E-state index is 0.155. The third-order valence-electron chi connectivity index (χ3n) is 4.63. The number of hydrogen-bond donors (Lipinski definition) is 0. The predicted molar refractivity (Wildman–Crippen MR) is 124 cm³/mol. The molecule has 3 aromatic rings. The van der Waals surface area contributed by atoms with E-state index in [0.29, 0.717) is 23.7 Å². The lowest BCUT2D eigenvalue weighted by Gasteiger charge is -2.05. The van der Waals surface area contributed by atoms with Crippen molar-refractivity contribution in [2.45, 2.75) is 22.8 Å². The number of sulfone groups is 1. The molecule has 31 heavy (non-hydrogen) atoms. The molecule has 1 heterocycles. The molecular formula is C21H24N2O5S3. The van der Waals surface area contributed by atoms with Crippen LogP contribution in [0.15, 0.2) is 57.2 Å². The van der Waals surface area contributed by atoms with Crippen LogP contribution >= 0.6 is 23.1 Å². The lowest BCUT2D eigenvalue weighted by Crippen LogP contribution is -2.20. The Hall–Kier alpha value is -2.14. The molecule has 0 aliphatic rings. The van der Waals surface area contributed by atoms with Crippen LogP contribution in [0.5, 0.6) is 5.75 Å². The molecule has 1 aromatic heterocycles. The van der Waals surface area contributed by atoms with Crippen molar-refractivity contribution in [1.29, 1.82) is 0 Å². The highest BCUT2D eigenvalue weighted by molar-refractivity contribution is 7.98. The molecule has 0 saturated heterocycles. The Morgan fingerprint density at radius 3 is 2.55 bits per heavy atom. The topological polar surface area (TPSA) is 87.0 Å². The monoisotopic (exact) mass is 480 g/mol. The molecule has 10 heteroatoms. The number of carbonyl (C=O) groups is 1. The van der Waals surface area contributed by atoms with Crippen LogP contribution in [-0.2, 0) is 25.9 Å². The molecule has 166 valence electrons. The van der Waals surface area contributed by atoms with E-state index in [1.807, 2.05) is 23.0 Å². The largest absolute Gasteiger partial charge is 0.497 e. The van der Waals surface area contributed by atoms with Crippen LogP contribution in [0.2, 0.25) is 0 Å². The molecule has 1 amide bonds. The van der Waals surface area contributed by atoms with E-state index in [0.717, 1.165) is 15.1 Å². The van der Waals surface area contributed by atoms with Crippen molar-refractivity contribution in [3.8, 4) is 5.75 Å². The number of ether oxygens (including phenoxy) is 2. The maximum Gasteiger partial charge on any atom is 0.249 e. The minimum Gasteiger partial charge on any atom is -0.497 e. The number of carbonyl (C=O) groups excluding carboxylic acids is 1. The van der Waals surface area contributed by atoms with Crippen molar-refractivity contribution in [3.05, 3.63) is 47.3 Å². The van der Waals surface area contributed by atoms with E-state index in [9.17, 15) is 13.2 Å². The average Bonchev–Trinajstić information content (AvgIpc) is 3.12. The first-order valence-corrected chi connectivity index (χ1v) is 13.2. The summed E-state index contributed by atoms with van der Waals surface area (Å²) < 4.78 is 38.3. The summed E-state index contributed by atoms with van der Waals surface area (Å²) in [6.07, 6.45) is 1.81. The Morgan fingerprint density at radius 2 is 1.90 bits per heavy atom. The number of nitrogens with zero attached hydrogens (tertiary/aromatic N) is 2. The lowest BCUT2D eigenvalue weighted by molar-refractivity contribution is -0.117. The molecule has 0 saturated carbocycles. The Balaban J connectivity index is 1.83. The van der Waals surface area contributed by atoms with Crippen molar-refractivity contribution in [1.82, 2.24) is 4.57 Å². The Morgan fingerprint density at radius 1 is 1.16 bits per heavy atom. The zero-order valence-corrected chi connectivity index (χ0v) is 20.0. The van der Waals surface area contributed by atoms with Gasteiger partial charge in [-0.1, -0.05) is 11.3 Å². The summed E-state index contributed by atoms with van der Waals surface area (Å²) in [7, 11) is -0.463. The summed E-state index contributed by atoms with van der Waals surface area (Å²) in [5.74, 6) is -0.207. The van der Waals surface area contributed by atoms with Gasteiger partial charge in [-0.25, -0.2) is 8.42 Å². The molecule has 0 radical (unpaired) electrons. The molecule has 0 bridgehead atoms. The smallest absolute Gasteiger partial charge is 0.249 e. The summed E-state index contributed by atoms with van der Waals surface area (Å²) >= 11 is 3.05. The molecule has 0 fully saturated rings. The van der Waals surface area contributed by atoms with Gasteiger partial charge in [0.1, 0.15) is 5.75 Å². The van der Waals surface area contributed by atoms with Gasteiger partial charge in [0.25, 0.3) is 0 Å². The minimum atomic E-state index is -3.59. The fourth-order valence-electron chi connectivity index (χ4n) is 2.95. The maximum absolute atomic E-state index is 12.6. The SMILES string of the molecule is COCCn1c(=NC(=O)CCS(=O)(=O)c2ccc(OC)cc2)sc2cc(SC)ccc21. The molecule has 2 aromatic carbocycles. The third-order valence-corrected chi connectivity index (χ3v) is 8.13.